The van der Waals surface area contributed by atoms with E-state index in [-0.39, 0.29) is 5.41 Å². The van der Waals surface area contributed by atoms with Crippen molar-refractivity contribution in [3.8, 4) is 0 Å². The van der Waals surface area contributed by atoms with Crippen LogP contribution in [0.3, 0.4) is 0 Å². The first-order chi connectivity index (χ1) is 18.6. The van der Waals surface area contributed by atoms with Gasteiger partial charge >= 0.3 is 5.97 Å². The van der Waals surface area contributed by atoms with Crippen molar-refractivity contribution in [2.75, 3.05) is 5.32 Å². The number of nitrogens with one attached hydrogen (secondary N) is 1. The summed E-state index contributed by atoms with van der Waals surface area (Å²) < 4.78 is 5.78. The van der Waals surface area contributed by atoms with Crippen LogP contribution in [0.25, 0.3) is 22.6 Å². The largest absolute Gasteiger partial charge is 0.449 e. The molecule has 200 valence electrons. The second-order valence-corrected chi connectivity index (χ2v) is 12.3. The lowest BCUT2D eigenvalue weighted by Gasteiger charge is -2.36. The van der Waals surface area contributed by atoms with Gasteiger partial charge in [0.2, 0.25) is 0 Å². The smallest absolute Gasteiger partial charge is 0.339 e. The zero-order valence-electron chi connectivity index (χ0n) is 22.3. The standard InChI is InChI=1S/C31H30ClN3O3S/c1-18(29(36)35-26-12-11-21(32)17-33-26)38-30(37)27-23-9-5-6-10-25(23)34-28-19(15-22-8-7-13-39-22)14-20(16-24(27)28)31(2,3)4/h5-13,15,17-18,20H,14,16H2,1-4H3,(H,33,35,36)/b19-15+/t18-,20+/m1/s1. The van der Waals surface area contributed by atoms with Crippen molar-refractivity contribution >= 4 is 63.2 Å². The summed E-state index contributed by atoms with van der Waals surface area (Å²) in [6, 6.07) is 14.9. The number of carbonyl (C=O) groups is 2. The first-order valence-electron chi connectivity index (χ1n) is 12.9. The minimum atomic E-state index is -1.04. The summed E-state index contributed by atoms with van der Waals surface area (Å²) in [4.78, 5) is 37.0. The van der Waals surface area contributed by atoms with Crippen molar-refractivity contribution in [2.24, 2.45) is 11.3 Å². The molecule has 6 nitrogen and oxygen atoms in total. The van der Waals surface area contributed by atoms with Crippen molar-refractivity contribution < 1.29 is 14.3 Å². The average molecular weight is 560 g/mol. The second kappa shape index (κ2) is 10.9. The van der Waals surface area contributed by atoms with Gasteiger partial charge in [-0.1, -0.05) is 56.6 Å². The lowest BCUT2D eigenvalue weighted by Crippen LogP contribution is -2.32. The number of halogens is 1. The molecular weight excluding hydrogens is 530 g/mol. The molecule has 1 aliphatic rings. The number of para-hydroxylation sites is 1. The van der Waals surface area contributed by atoms with E-state index in [1.807, 2.05) is 30.3 Å². The lowest BCUT2D eigenvalue weighted by molar-refractivity contribution is -0.123. The molecule has 0 fully saturated rings. The zero-order chi connectivity index (χ0) is 27.7. The number of pyridine rings is 2. The highest BCUT2D eigenvalue weighted by atomic mass is 35.5. The van der Waals surface area contributed by atoms with Crippen molar-refractivity contribution in [1.29, 1.82) is 0 Å². The number of ether oxygens (including phenoxy) is 1. The van der Waals surface area contributed by atoms with Crippen LogP contribution in [-0.4, -0.2) is 27.9 Å². The molecule has 0 radical (unpaired) electrons. The molecule has 4 aromatic rings. The number of thiophene rings is 1. The van der Waals surface area contributed by atoms with Gasteiger partial charge in [-0.3, -0.25) is 4.79 Å². The number of rotatable bonds is 5. The maximum absolute atomic E-state index is 13.8. The molecule has 0 aliphatic heterocycles. The molecule has 1 N–H and O–H groups in total. The number of nitrogens with zero attached hydrogens (tertiary/aromatic N) is 2. The number of anilines is 1. The number of benzene rings is 1. The van der Waals surface area contributed by atoms with Gasteiger partial charge in [0.15, 0.2) is 6.10 Å². The lowest BCUT2D eigenvalue weighted by atomic mass is 9.69. The third-order valence-electron chi connectivity index (χ3n) is 7.13. The number of hydrogen-bond donors (Lipinski definition) is 1. The number of carbonyl (C=O) groups excluding carboxylic acids is 2. The van der Waals surface area contributed by atoms with Crippen LogP contribution >= 0.6 is 22.9 Å². The normalized spacial score (nSPS) is 17.1. The molecule has 1 aliphatic carbocycles. The summed E-state index contributed by atoms with van der Waals surface area (Å²) in [6.45, 7) is 8.25. The number of amides is 1. The Morgan fingerprint density at radius 1 is 1.13 bits per heavy atom. The molecule has 8 heteroatoms. The molecule has 1 aromatic carbocycles. The highest BCUT2D eigenvalue weighted by molar-refractivity contribution is 7.10. The minimum absolute atomic E-state index is 0.0117. The number of esters is 1. The molecule has 1 amide bonds. The van der Waals surface area contributed by atoms with E-state index in [1.165, 1.54) is 6.20 Å². The van der Waals surface area contributed by atoms with Gasteiger partial charge in [-0.25, -0.2) is 14.8 Å². The number of allylic oxidation sites excluding steroid dienone is 1. The van der Waals surface area contributed by atoms with Crippen LogP contribution in [0.4, 0.5) is 5.82 Å². The molecule has 0 spiro atoms. The minimum Gasteiger partial charge on any atom is -0.449 e. The van der Waals surface area contributed by atoms with Crippen molar-refractivity contribution in [2.45, 2.75) is 46.6 Å². The Kier molecular flexibility index (Phi) is 7.56. The van der Waals surface area contributed by atoms with Crippen molar-refractivity contribution in [3.63, 3.8) is 0 Å². The van der Waals surface area contributed by atoms with Crippen LogP contribution in [0.1, 0.15) is 60.6 Å². The SMILES string of the molecule is C[C@@H](OC(=O)c1c2c(nc3ccccc13)/C(=C/c1cccs1)C[C@H](C(C)(C)C)C2)C(=O)Nc1ccc(Cl)cn1. The van der Waals surface area contributed by atoms with E-state index in [2.05, 4.69) is 48.6 Å². The van der Waals surface area contributed by atoms with E-state index < -0.39 is 18.0 Å². The molecule has 5 rings (SSSR count). The van der Waals surface area contributed by atoms with E-state index in [9.17, 15) is 9.59 Å². The summed E-state index contributed by atoms with van der Waals surface area (Å²) in [5, 5.41) is 5.91. The summed E-state index contributed by atoms with van der Waals surface area (Å²) in [5.41, 5.74) is 4.02. The Bertz CT molecular complexity index is 1560. The monoisotopic (exact) mass is 559 g/mol. The Morgan fingerprint density at radius 3 is 2.62 bits per heavy atom. The number of fused-ring (bicyclic) bond motifs is 2. The molecule has 3 aromatic heterocycles. The summed E-state index contributed by atoms with van der Waals surface area (Å²) in [6.07, 6.45) is 4.14. The van der Waals surface area contributed by atoms with E-state index in [0.29, 0.717) is 28.7 Å². The van der Waals surface area contributed by atoms with Gasteiger partial charge in [0, 0.05) is 16.5 Å². The second-order valence-electron chi connectivity index (χ2n) is 10.9. The Balaban J connectivity index is 1.55. The Morgan fingerprint density at radius 2 is 1.92 bits per heavy atom. The molecule has 3 heterocycles. The third-order valence-corrected chi connectivity index (χ3v) is 8.18. The van der Waals surface area contributed by atoms with Crippen LogP contribution in [0.2, 0.25) is 5.02 Å². The third kappa shape index (κ3) is 5.89. The van der Waals surface area contributed by atoms with Crippen LogP contribution in [0.15, 0.2) is 60.1 Å². The topological polar surface area (TPSA) is 81.2 Å². The van der Waals surface area contributed by atoms with Crippen LogP contribution in [-0.2, 0) is 16.0 Å². The molecular formula is C31H30ClN3O3S. The van der Waals surface area contributed by atoms with E-state index >= 15 is 0 Å². The van der Waals surface area contributed by atoms with Gasteiger partial charge in [0.25, 0.3) is 5.91 Å². The molecule has 0 bridgehead atoms. The predicted molar refractivity (Wildman–Crippen MR) is 158 cm³/mol. The van der Waals surface area contributed by atoms with E-state index in [0.717, 1.165) is 39.0 Å². The highest BCUT2D eigenvalue weighted by Gasteiger charge is 2.36. The molecule has 0 unspecified atom stereocenters. The van der Waals surface area contributed by atoms with Gasteiger partial charge in [0.1, 0.15) is 5.82 Å². The fraction of sp³-hybridized carbons (Fsp3) is 0.290. The van der Waals surface area contributed by atoms with Gasteiger partial charge in [-0.2, -0.15) is 0 Å². The molecule has 39 heavy (non-hydrogen) atoms. The average Bonchev–Trinajstić information content (AvgIpc) is 3.41. The van der Waals surface area contributed by atoms with E-state index in [4.69, 9.17) is 21.3 Å². The van der Waals surface area contributed by atoms with Crippen molar-refractivity contribution in [3.05, 3.63) is 86.8 Å². The quantitative estimate of drug-likeness (QED) is 0.254. The summed E-state index contributed by atoms with van der Waals surface area (Å²) >= 11 is 7.56. The van der Waals surface area contributed by atoms with E-state index in [1.54, 1.807) is 30.4 Å². The van der Waals surface area contributed by atoms with Crippen molar-refractivity contribution in [1.82, 2.24) is 9.97 Å². The highest BCUT2D eigenvalue weighted by Crippen LogP contribution is 2.45. The summed E-state index contributed by atoms with van der Waals surface area (Å²) in [7, 11) is 0. The zero-order valence-corrected chi connectivity index (χ0v) is 23.9. The fourth-order valence-corrected chi connectivity index (χ4v) is 5.66. The maximum atomic E-state index is 13.8. The Hall–Kier alpha value is -3.55. The fourth-order valence-electron chi connectivity index (χ4n) is 4.87. The maximum Gasteiger partial charge on any atom is 0.339 e. The number of aromatic nitrogens is 2. The van der Waals surface area contributed by atoms with Crippen LogP contribution in [0.5, 0.6) is 0 Å². The molecule has 0 saturated heterocycles. The Labute approximate surface area is 237 Å². The first-order valence-corrected chi connectivity index (χ1v) is 14.2. The van der Waals surface area contributed by atoms with Gasteiger partial charge in [-0.15, -0.1) is 11.3 Å². The van der Waals surface area contributed by atoms with Gasteiger partial charge in [-0.05, 0) is 78.0 Å². The van der Waals surface area contributed by atoms with Crippen LogP contribution < -0.4 is 5.32 Å². The number of hydrogen-bond acceptors (Lipinski definition) is 6. The predicted octanol–water partition coefficient (Wildman–Crippen LogP) is 7.68. The molecule has 0 saturated carbocycles. The van der Waals surface area contributed by atoms with Crippen LogP contribution in [0, 0.1) is 11.3 Å². The van der Waals surface area contributed by atoms with Gasteiger partial charge in [0.05, 0.1) is 21.8 Å². The van der Waals surface area contributed by atoms with Gasteiger partial charge < -0.3 is 10.1 Å². The molecule has 2 atom stereocenters. The summed E-state index contributed by atoms with van der Waals surface area (Å²) in [5.74, 6) is -0.393. The first kappa shape index (κ1) is 27.0.